The molecule has 1 fully saturated rings. The Kier molecular flexibility index (Phi) is 9.34. The molecule has 0 saturated carbocycles. The summed E-state index contributed by atoms with van der Waals surface area (Å²) in [4.78, 5) is 46.2. The van der Waals surface area contributed by atoms with Gasteiger partial charge in [0.1, 0.15) is 11.3 Å². The molecule has 1 aliphatic heterocycles. The molecular weight excluding hydrogens is 540 g/mol. The van der Waals surface area contributed by atoms with Crippen molar-refractivity contribution in [1.29, 1.82) is 0 Å². The van der Waals surface area contributed by atoms with Gasteiger partial charge >= 0.3 is 6.09 Å². The molecule has 1 N–H and O–H groups in total. The van der Waals surface area contributed by atoms with Crippen molar-refractivity contribution in [3.05, 3.63) is 52.6 Å². The first kappa shape index (κ1) is 28.7. The van der Waals surface area contributed by atoms with Crippen molar-refractivity contribution in [1.82, 2.24) is 30.2 Å². The van der Waals surface area contributed by atoms with Gasteiger partial charge in [-0.15, -0.1) is 11.3 Å². The van der Waals surface area contributed by atoms with Crippen molar-refractivity contribution in [2.24, 2.45) is 0 Å². The van der Waals surface area contributed by atoms with E-state index >= 15 is 0 Å². The number of hydrogen-bond acceptors (Lipinski definition) is 9. The van der Waals surface area contributed by atoms with E-state index in [4.69, 9.17) is 21.1 Å². The Hall–Kier alpha value is -3.31. The summed E-state index contributed by atoms with van der Waals surface area (Å²) in [5, 5.41) is 3.86. The second-order valence-corrected chi connectivity index (χ2v) is 11.7. The Morgan fingerprint density at radius 2 is 2.05 bits per heavy atom. The van der Waals surface area contributed by atoms with Crippen LogP contribution in [0.25, 0.3) is 10.6 Å². The third-order valence-corrected chi connectivity index (χ3v) is 7.28. The summed E-state index contributed by atoms with van der Waals surface area (Å²) in [6.45, 7) is 8.49. The zero-order chi connectivity index (χ0) is 28.0. The van der Waals surface area contributed by atoms with Crippen LogP contribution < -0.4 is 10.1 Å². The molecule has 4 heterocycles. The summed E-state index contributed by atoms with van der Waals surface area (Å²) < 4.78 is 11.1. The molecule has 12 heteroatoms. The molecule has 1 saturated heterocycles. The predicted molar refractivity (Wildman–Crippen MR) is 149 cm³/mol. The van der Waals surface area contributed by atoms with Crippen molar-refractivity contribution in [3.63, 3.8) is 0 Å². The minimum atomic E-state index is -0.601. The van der Waals surface area contributed by atoms with E-state index in [1.54, 1.807) is 35.6 Å². The zero-order valence-electron chi connectivity index (χ0n) is 22.5. The van der Waals surface area contributed by atoms with Gasteiger partial charge in [-0.05, 0) is 65.5 Å². The second-order valence-electron chi connectivity index (χ2n) is 10.2. The number of likely N-dealkylation sites (tertiary alicyclic amines) is 1. The summed E-state index contributed by atoms with van der Waals surface area (Å²) in [6.07, 6.45) is 9.12. The highest BCUT2D eigenvalue weighted by Crippen LogP contribution is 2.30. The van der Waals surface area contributed by atoms with Gasteiger partial charge in [0, 0.05) is 30.0 Å². The van der Waals surface area contributed by atoms with Crippen molar-refractivity contribution in [3.8, 4) is 16.5 Å². The van der Waals surface area contributed by atoms with Gasteiger partial charge in [0.15, 0.2) is 5.01 Å². The van der Waals surface area contributed by atoms with Crippen LogP contribution in [-0.4, -0.2) is 61.6 Å². The molecule has 39 heavy (non-hydrogen) atoms. The first-order valence-electron chi connectivity index (χ1n) is 13.0. The van der Waals surface area contributed by atoms with E-state index in [0.717, 1.165) is 19.3 Å². The maximum Gasteiger partial charge on any atom is 0.410 e. The number of aromatic nitrogens is 4. The number of ether oxygens (including phenoxy) is 2. The van der Waals surface area contributed by atoms with Gasteiger partial charge in [-0.1, -0.05) is 11.6 Å². The van der Waals surface area contributed by atoms with E-state index in [-0.39, 0.29) is 23.0 Å². The molecule has 10 nitrogen and oxygen atoms in total. The summed E-state index contributed by atoms with van der Waals surface area (Å²) >= 11 is 7.48. The number of carbonyl (C=O) groups is 2. The maximum absolute atomic E-state index is 13.4. The molecule has 208 valence electrons. The Morgan fingerprint density at radius 3 is 2.79 bits per heavy atom. The number of hydrogen-bond donors (Lipinski definition) is 1. The number of rotatable bonds is 8. The van der Waals surface area contributed by atoms with E-state index in [2.05, 4.69) is 25.3 Å². The number of amides is 2. The van der Waals surface area contributed by atoms with E-state index in [9.17, 15) is 9.59 Å². The van der Waals surface area contributed by atoms with Gasteiger partial charge < -0.3 is 19.7 Å². The highest BCUT2D eigenvalue weighted by Gasteiger charge is 2.33. The van der Waals surface area contributed by atoms with Gasteiger partial charge in [0.2, 0.25) is 5.88 Å². The minimum Gasteiger partial charge on any atom is -0.477 e. The SMILES string of the molecule is CCOc1cncc(-c2cnc(C(=O)N[C@@H](C[C@H]3CCCCN3C(=O)OC(C)(C)C)c3cc(Cl)ccn3)s2)n1. The second kappa shape index (κ2) is 12.7. The van der Waals surface area contributed by atoms with E-state index in [1.807, 2.05) is 27.7 Å². The maximum atomic E-state index is 13.4. The lowest BCUT2D eigenvalue weighted by Crippen LogP contribution is -2.47. The average molecular weight is 573 g/mol. The number of nitrogens with zero attached hydrogens (tertiary/aromatic N) is 5. The van der Waals surface area contributed by atoms with Crippen LogP contribution in [-0.2, 0) is 4.74 Å². The van der Waals surface area contributed by atoms with E-state index < -0.39 is 11.6 Å². The van der Waals surface area contributed by atoms with Crippen LogP contribution >= 0.6 is 22.9 Å². The Morgan fingerprint density at radius 1 is 1.23 bits per heavy atom. The number of pyridine rings is 1. The molecule has 1 aliphatic rings. The van der Waals surface area contributed by atoms with Crippen LogP contribution in [0.5, 0.6) is 5.88 Å². The van der Waals surface area contributed by atoms with Crippen molar-refractivity contribution in [2.75, 3.05) is 13.2 Å². The molecule has 2 amide bonds. The number of nitrogens with one attached hydrogen (secondary N) is 1. The lowest BCUT2D eigenvalue weighted by Gasteiger charge is -2.38. The molecule has 3 aromatic heterocycles. The number of piperidine rings is 1. The van der Waals surface area contributed by atoms with Gasteiger partial charge in [-0.2, -0.15) is 0 Å². The highest BCUT2D eigenvalue weighted by molar-refractivity contribution is 7.16. The molecule has 0 spiro atoms. The van der Waals surface area contributed by atoms with E-state index in [1.165, 1.54) is 17.5 Å². The van der Waals surface area contributed by atoms with Crippen LogP contribution in [0.2, 0.25) is 5.02 Å². The van der Waals surface area contributed by atoms with Crippen molar-refractivity contribution in [2.45, 2.75) is 71.1 Å². The predicted octanol–water partition coefficient (Wildman–Crippen LogP) is 5.70. The van der Waals surface area contributed by atoms with Crippen LogP contribution in [0.15, 0.2) is 36.9 Å². The molecule has 0 bridgehead atoms. The van der Waals surface area contributed by atoms with Crippen LogP contribution in [0.3, 0.4) is 0 Å². The molecule has 0 aromatic carbocycles. The summed E-state index contributed by atoms with van der Waals surface area (Å²) in [5.41, 5.74) is 0.578. The zero-order valence-corrected chi connectivity index (χ0v) is 24.1. The van der Waals surface area contributed by atoms with Crippen molar-refractivity contribution < 1.29 is 19.1 Å². The highest BCUT2D eigenvalue weighted by atomic mass is 35.5. The standard InChI is InChI=1S/C27H33ClN6O4S/c1-5-37-23-16-29-14-21(32-23)22-15-31-25(39-22)24(35)33-20(19-12-17(28)9-10-30-19)13-18-8-6-7-11-34(18)26(36)38-27(2,3)4/h9-10,12,14-16,18,20H,5-8,11,13H2,1-4H3,(H,33,35)/t18-,20+/m1/s1. The Labute approximate surface area is 237 Å². The van der Waals surface area contributed by atoms with Gasteiger partial charge in [-0.3, -0.25) is 14.8 Å². The largest absolute Gasteiger partial charge is 0.477 e. The van der Waals surface area contributed by atoms with Gasteiger partial charge in [0.05, 0.1) is 35.6 Å². The third kappa shape index (κ3) is 7.86. The molecule has 3 aromatic rings. The first-order chi connectivity index (χ1) is 18.6. The third-order valence-electron chi connectivity index (χ3n) is 6.03. The van der Waals surface area contributed by atoms with Gasteiger partial charge in [0.25, 0.3) is 5.91 Å². The summed E-state index contributed by atoms with van der Waals surface area (Å²) in [6, 6.07) is 2.78. The fraction of sp³-hybridized carbons (Fsp3) is 0.481. The molecule has 0 unspecified atom stereocenters. The van der Waals surface area contributed by atoms with Gasteiger partial charge in [-0.25, -0.2) is 14.8 Å². The Balaban J connectivity index is 1.55. The van der Waals surface area contributed by atoms with Crippen LogP contribution in [0.1, 0.15) is 74.9 Å². The molecule has 2 atom stereocenters. The molecule has 0 radical (unpaired) electrons. The first-order valence-corrected chi connectivity index (χ1v) is 14.2. The minimum absolute atomic E-state index is 0.136. The monoisotopic (exact) mass is 572 g/mol. The van der Waals surface area contributed by atoms with E-state index in [0.29, 0.717) is 46.7 Å². The quantitative estimate of drug-likeness (QED) is 0.365. The van der Waals surface area contributed by atoms with Crippen LogP contribution in [0.4, 0.5) is 4.79 Å². The summed E-state index contributed by atoms with van der Waals surface area (Å²) in [5.74, 6) is 0.0510. The number of carbonyl (C=O) groups excluding carboxylic acids is 2. The number of halogens is 1. The fourth-order valence-corrected chi connectivity index (χ4v) is 5.29. The van der Waals surface area contributed by atoms with Crippen LogP contribution in [0, 0.1) is 0 Å². The number of thiazole rings is 1. The smallest absolute Gasteiger partial charge is 0.410 e. The molecule has 4 rings (SSSR count). The summed E-state index contributed by atoms with van der Waals surface area (Å²) in [7, 11) is 0. The normalized spacial score (nSPS) is 16.4. The fourth-order valence-electron chi connectivity index (χ4n) is 4.35. The molecular formula is C27H33ClN6O4S. The average Bonchev–Trinajstić information content (AvgIpc) is 3.39. The topological polar surface area (TPSA) is 119 Å². The van der Waals surface area contributed by atoms with Crippen molar-refractivity contribution >= 4 is 34.9 Å². The lowest BCUT2D eigenvalue weighted by molar-refractivity contribution is 0.00767. The lowest BCUT2D eigenvalue weighted by atomic mass is 9.94. The Bertz CT molecular complexity index is 1300. The molecule has 0 aliphatic carbocycles.